The van der Waals surface area contributed by atoms with Crippen LogP contribution in [0.25, 0.3) is 0 Å². The van der Waals surface area contributed by atoms with Crippen LogP contribution in [-0.2, 0) is 6.54 Å². The number of nitrogens with one attached hydrogen (secondary N) is 1. The lowest BCUT2D eigenvalue weighted by Crippen LogP contribution is -2.32. The van der Waals surface area contributed by atoms with E-state index in [4.69, 9.17) is 0 Å². The second kappa shape index (κ2) is 5.03. The van der Waals surface area contributed by atoms with E-state index in [-0.39, 0.29) is 0 Å². The van der Waals surface area contributed by atoms with Gasteiger partial charge in [-0.3, -0.25) is 0 Å². The van der Waals surface area contributed by atoms with Gasteiger partial charge in [-0.05, 0) is 30.0 Å². The number of rotatable bonds is 3. The molecule has 1 N–H and O–H groups in total. The third kappa shape index (κ3) is 3.01. The first-order valence-electron chi connectivity index (χ1n) is 4.78. The standard InChI is InChI=1S/C10H15NS2/c1-3-9(8-12-5-1)11-7-10-4-2-6-13-10/h2,4,6,9,11H,1,3,5,7-8H2. The van der Waals surface area contributed by atoms with Crippen LogP contribution in [0.15, 0.2) is 17.5 Å². The van der Waals surface area contributed by atoms with Gasteiger partial charge in [-0.25, -0.2) is 0 Å². The molecule has 1 nitrogen and oxygen atoms in total. The minimum absolute atomic E-state index is 0.751. The molecule has 0 radical (unpaired) electrons. The van der Waals surface area contributed by atoms with Crippen molar-refractivity contribution in [2.45, 2.75) is 25.4 Å². The van der Waals surface area contributed by atoms with Gasteiger partial charge in [0.15, 0.2) is 0 Å². The molecule has 1 atom stereocenters. The molecule has 0 aliphatic carbocycles. The van der Waals surface area contributed by atoms with Crippen molar-refractivity contribution in [2.75, 3.05) is 11.5 Å². The Morgan fingerprint density at radius 2 is 2.54 bits per heavy atom. The molecule has 1 fully saturated rings. The van der Waals surface area contributed by atoms with Crippen LogP contribution in [0.5, 0.6) is 0 Å². The second-order valence-electron chi connectivity index (χ2n) is 3.37. The average Bonchev–Trinajstić information content (AvgIpc) is 2.69. The highest BCUT2D eigenvalue weighted by Crippen LogP contribution is 2.17. The summed E-state index contributed by atoms with van der Waals surface area (Å²) >= 11 is 3.92. The first-order valence-corrected chi connectivity index (χ1v) is 6.82. The lowest BCUT2D eigenvalue weighted by atomic mass is 10.2. The molecule has 1 aromatic rings. The molecular weight excluding hydrogens is 198 g/mol. The third-order valence-electron chi connectivity index (χ3n) is 2.31. The fraction of sp³-hybridized carbons (Fsp3) is 0.600. The molecule has 72 valence electrons. The minimum Gasteiger partial charge on any atom is -0.308 e. The summed E-state index contributed by atoms with van der Waals surface area (Å²) in [4.78, 5) is 1.45. The Labute approximate surface area is 87.9 Å². The van der Waals surface area contributed by atoms with Crippen molar-refractivity contribution in [1.29, 1.82) is 0 Å². The molecule has 1 aliphatic heterocycles. The van der Waals surface area contributed by atoms with E-state index >= 15 is 0 Å². The minimum atomic E-state index is 0.751. The summed E-state index contributed by atoms with van der Waals surface area (Å²) in [7, 11) is 0. The zero-order chi connectivity index (χ0) is 8.93. The quantitative estimate of drug-likeness (QED) is 0.828. The SMILES string of the molecule is c1csc(CNC2CCCSC2)c1. The molecule has 13 heavy (non-hydrogen) atoms. The van der Waals surface area contributed by atoms with Crippen LogP contribution in [0.3, 0.4) is 0 Å². The lowest BCUT2D eigenvalue weighted by molar-refractivity contribution is 0.510. The summed E-state index contributed by atoms with van der Waals surface area (Å²) in [5.74, 6) is 2.66. The molecule has 0 spiro atoms. The van der Waals surface area contributed by atoms with Crippen LogP contribution in [0.4, 0.5) is 0 Å². The predicted octanol–water partition coefficient (Wildman–Crippen LogP) is 2.73. The zero-order valence-electron chi connectivity index (χ0n) is 7.66. The van der Waals surface area contributed by atoms with E-state index in [9.17, 15) is 0 Å². The monoisotopic (exact) mass is 213 g/mol. The summed E-state index contributed by atoms with van der Waals surface area (Å²) in [6.07, 6.45) is 2.74. The Hall–Kier alpha value is 0.01000. The van der Waals surface area contributed by atoms with E-state index in [1.54, 1.807) is 0 Å². The van der Waals surface area contributed by atoms with Crippen LogP contribution in [0.1, 0.15) is 17.7 Å². The highest BCUT2D eigenvalue weighted by molar-refractivity contribution is 7.99. The molecule has 0 bridgehead atoms. The van der Waals surface area contributed by atoms with Crippen LogP contribution in [0, 0.1) is 0 Å². The van der Waals surface area contributed by atoms with Gasteiger partial charge in [0.05, 0.1) is 0 Å². The van der Waals surface area contributed by atoms with Gasteiger partial charge in [0.25, 0.3) is 0 Å². The largest absolute Gasteiger partial charge is 0.308 e. The van der Waals surface area contributed by atoms with Crippen molar-refractivity contribution in [3.63, 3.8) is 0 Å². The molecule has 1 aromatic heterocycles. The predicted molar refractivity (Wildman–Crippen MR) is 61.5 cm³/mol. The summed E-state index contributed by atoms with van der Waals surface area (Å²) in [5, 5.41) is 5.76. The molecule has 2 rings (SSSR count). The van der Waals surface area contributed by atoms with Gasteiger partial charge in [-0.1, -0.05) is 6.07 Å². The van der Waals surface area contributed by atoms with Crippen molar-refractivity contribution < 1.29 is 0 Å². The lowest BCUT2D eigenvalue weighted by Gasteiger charge is -2.22. The van der Waals surface area contributed by atoms with E-state index < -0.39 is 0 Å². The Kier molecular flexibility index (Phi) is 3.70. The zero-order valence-corrected chi connectivity index (χ0v) is 9.29. The van der Waals surface area contributed by atoms with E-state index in [0.29, 0.717) is 0 Å². The highest BCUT2D eigenvalue weighted by atomic mass is 32.2. The van der Waals surface area contributed by atoms with Crippen molar-refractivity contribution in [3.05, 3.63) is 22.4 Å². The number of thioether (sulfide) groups is 1. The Balaban J connectivity index is 1.72. The smallest absolute Gasteiger partial charge is 0.0302 e. The van der Waals surface area contributed by atoms with Crippen LogP contribution in [0.2, 0.25) is 0 Å². The Bertz CT molecular complexity index is 227. The number of hydrogen-bond acceptors (Lipinski definition) is 3. The first kappa shape index (κ1) is 9.56. The fourth-order valence-corrected chi connectivity index (χ4v) is 3.32. The summed E-state index contributed by atoms with van der Waals surface area (Å²) in [6, 6.07) is 5.08. The van der Waals surface area contributed by atoms with Gasteiger partial charge in [0, 0.05) is 23.2 Å². The molecule has 1 unspecified atom stereocenters. The second-order valence-corrected chi connectivity index (χ2v) is 5.56. The van der Waals surface area contributed by atoms with Gasteiger partial charge >= 0.3 is 0 Å². The molecule has 1 aliphatic rings. The highest BCUT2D eigenvalue weighted by Gasteiger charge is 2.12. The fourth-order valence-electron chi connectivity index (χ4n) is 1.56. The molecular formula is C10H15NS2. The number of hydrogen-bond donors (Lipinski definition) is 1. The van der Waals surface area contributed by atoms with Gasteiger partial charge in [-0.2, -0.15) is 11.8 Å². The molecule has 0 aromatic carbocycles. The van der Waals surface area contributed by atoms with Crippen molar-refractivity contribution in [3.8, 4) is 0 Å². The molecule has 0 saturated carbocycles. The molecule has 1 saturated heterocycles. The molecule has 0 amide bonds. The van der Waals surface area contributed by atoms with Crippen LogP contribution < -0.4 is 5.32 Å². The van der Waals surface area contributed by atoms with E-state index in [0.717, 1.165) is 12.6 Å². The van der Waals surface area contributed by atoms with Gasteiger partial charge < -0.3 is 5.32 Å². The molecule has 3 heteroatoms. The van der Waals surface area contributed by atoms with E-state index in [1.807, 2.05) is 11.3 Å². The third-order valence-corrected chi connectivity index (χ3v) is 4.40. The van der Waals surface area contributed by atoms with E-state index in [2.05, 4.69) is 34.6 Å². The van der Waals surface area contributed by atoms with Crippen LogP contribution >= 0.6 is 23.1 Å². The van der Waals surface area contributed by atoms with Crippen molar-refractivity contribution >= 4 is 23.1 Å². The maximum absolute atomic E-state index is 3.61. The maximum atomic E-state index is 3.61. The topological polar surface area (TPSA) is 12.0 Å². The maximum Gasteiger partial charge on any atom is 0.0302 e. The van der Waals surface area contributed by atoms with Gasteiger partial charge in [0.1, 0.15) is 0 Å². The Morgan fingerprint density at radius 1 is 1.54 bits per heavy atom. The first-order chi connectivity index (χ1) is 6.45. The van der Waals surface area contributed by atoms with Gasteiger partial charge in [-0.15, -0.1) is 11.3 Å². The van der Waals surface area contributed by atoms with Crippen LogP contribution in [-0.4, -0.2) is 17.5 Å². The summed E-state index contributed by atoms with van der Waals surface area (Å²) in [5.41, 5.74) is 0. The average molecular weight is 213 g/mol. The van der Waals surface area contributed by atoms with Gasteiger partial charge in [0.2, 0.25) is 0 Å². The van der Waals surface area contributed by atoms with Crippen molar-refractivity contribution in [2.24, 2.45) is 0 Å². The summed E-state index contributed by atoms with van der Waals surface area (Å²) in [6.45, 7) is 1.06. The van der Waals surface area contributed by atoms with Crippen molar-refractivity contribution in [1.82, 2.24) is 5.32 Å². The number of thiophene rings is 1. The normalized spacial score (nSPS) is 23.2. The molecule has 2 heterocycles. The summed E-state index contributed by atoms with van der Waals surface area (Å²) < 4.78 is 0. The Morgan fingerprint density at radius 3 is 3.23 bits per heavy atom. The van der Waals surface area contributed by atoms with E-state index in [1.165, 1.54) is 29.2 Å².